The number of hydrogen-bond acceptors (Lipinski definition) is 12. The van der Waals surface area contributed by atoms with Gasteiger partial charge in [0.25, 0.3) is 0 Å². The van der Waals surface area contributed by atoms with Crippen LogP contribution in [0.25, 0.3) is 0 Å². The summed E-state index contributed by atoms with van der Waals surface area (Å²) in [5.41, 5.74) is 24.4. The minimum atomic E-state index is -0.603. The first kappa shape index (κ1) is 40.3. The van der Waals surface area contributed by atoms with E-state index in [0.29, 0.717) is 11.9 Å². The third kappa shape index (κ3) is 11.4. The fourth-order valence-electron chi connectivity index (χ4n) is 5.88. The molecule has 0 atom stereocenters. The molecule has 0 bridgehead atoms. The van der Waals surface area contributed by atoms with Crippen LogP contribution in [0, 0.1) is 0 Å². The van der Waals surface area contributed by atoms with E-state index >= 15 is 0 Å². The van der Waals surface area contributed by atoms with Gasteiger partial charge in [-0.05, 0) is 89.1 Å². The van der Waals surface area contributed by atoms with Crippen molar-refractivity contribution in [3.8, 4) is 11.5 Å². The molecule has 0 amide bonds. The van der Waals surface area contributed by atoms with E-state index in [0.717, 1.165) is 48.9 Å². The van der Waals surface area contributed by atoms with Crippen molar-refractivity contribution in [2.75, 3.05) is 23.0 Å². The number of nitrogens with two attached hydrogens (primary N) is 4. The van der Waals surface area contributed by atoms with Crippen molar-refractivity contribution in [1.29, 1.82) is 0 Å². The summed E-state index contributed by atoms with van der Waals surface area (Å²) in [7, 11) is 0. The lowest BCUT2D eigenvalue weighted by Crippen LogP contribution is -2.54. The molecule has 0 fully saturated rings. The normalized spacial score (nSPS) is 16.4. The molecule has 0 radical (unpaired) electrons. The van der Waals surface area contributed by atoms with Crippen LogP contribution in [-0.4, -0.2) is 48.4 Å². The average Bonchev–Trinajstić information content (AvgIpc) is 2.97. The average molecular weight is 706 g/mol. The van der Waals surface area contributed by atoms with Gasteiger partial charge in [0, 0.05) is 11.4 Å². The molecule has 0 aromatic heterocycles. The zero-order valence-electron chi connectivity index (χ0n) is 28.7. The summed E-state index contributed by atoms with van der Waals surface area (Å²) in [6.07, 6.45) is 12.1. The van der Waals surface area contributed by atoms with Crippen molar-refractivity contribution in [2.45, 2.75) is 103 Å². The predicted octanol–water partition coefficient (Wildman–Crippen LogP) is 6.26. The van der Waals surface area contributed by atoms with Crippen molar-refractivity contribution in [3.63, 3.8) is 0 Å². The van der Waals surface area contributed by atoms with Gasteiger partial charge in [0.05, 0.1) is 13.2 Å². The summed E-state index contributed by atoms with van der Waals surface area (Å²) in [6, 6.07) is 15.7. The maximum atomic E-state index is 6.12. The molecule has 48 heavy (non-hydrogen) atoms. The van der Waals surface area contributed by atoms with Crippen LogP contribution >= 0.6 is 24.8 Å². The van der Waals surface area contributed by atoms with Crippen LogP contribution in [0.15, 0.2) is 68.5 Å². The van der Waals surface area contributed by atoms with Crippen LogP contribution in [0.2, 0.25) is 0 Å². The number of benzene rings is 2. The quantitative estimate of drug-likeness (QED) is 0.139. The molecule has 2 aliphatic rings. The molecular formula is C34H54Cl2N10O2. The highest BCUT2D eigenvalue weighted by molar-refractivity contribution is 6.06. The number of guanidine groups is 4. The summed E-state index contributed by atoms with van der Waals surface area (Å²) in [5, 5.41) is 0. The Morgan fingerprint density at radius 3 is 1.08 bits per heavy atom. The summed E-state index contributed by atoms with van der Waals surface area (Å²) < 4.78 is 11.9. The second-order valence-electron chi connectivity index (χ2n) is 12.8. The van der Waals surface area contributed by atoms with E-state index in [4.69, 9.17) is 32.4 Å². The van der Waals surface area contributed by atoms with Gasteiger partial charge in [-0.25, -0.2) is 9.98 Å². The van der Waals surface area contributed by atoms with Crippen molar-refractivity contribution in [3.05, 3.63) is 48.5 Å². The molecule has 2 aromatic rings. The lowest BCUT2D eigenvalue weighted by Gasteiger charge is -2.38. The van der Waals surface area contributed by atoms with Crippen molar-refractivity contribution < 1.29 is 9.47 Å². The summed E-state index contributed by atoms with van der Waals surface area (Å²) in [6.45, 7) is 9.23. The largest absolute Gasteiger partial charge is 0.494 e. The minimum absolute atomic E-state index is 0. The van der Waals surface area contributed by atoms with Gasteiger partial charge in [-0.1, -0.05) is 51.4 Å². The second kappa shape index (κ2) is 18.6. The zero-order valence-corrected chi connectivity index (χ0v) is 30.4. The first-order valence-electron chi connectivity index (χ1n) is 16.4. The smallest absolute Gasteiger partial charge is 0.220 e. The fraction of sp³-hybridized carbons (Fsp3) is 0.529. The van der Waals surface area contributed by atoms with Crippen LogP contribution in [0.1, 0.15) is 91.9 Å². The van der Waals surface area contributed by atoms with E-state index in [1.807, 2.05) is 86.0 Å². The van der Waals surface area contributed by atoms with E-state index in [9.17, 15) is 0 Å². The predicted molar refractivity (Wildman–Crippen MR) is 204 cm³/mol. The number of unbranched alkanes of at least 4 members (excludes halogenated alkanes) is 9. The van der Waals surface area contributed by atoms with Crippen molar-refractivity contribution in [1.82, 2.24) is 0 Å². The molecule has 0 aliphatic carbocycles. The molecule has 12 nitrogen and oxygen atoms in total. The van der Waals surface area contributed by atoms with Crippen LogP contribution in [-0.2, 0) is 0 Å². The van der Waals surface area contributed by atoms with Gasteiger partial charge in [-0.3, -0.25) is 9.80 Å². The van der Waals surface area contributed by atoms with Gasteiger partial charge in [-0.2, -0.15) is 9.98 Å². The maximum Gasteiger partial charge on any atom is 0.220 e. The van der Waals surface area contributed by atoms with Gasteiger partial charge >= 0.3 is 0 Å². The Kier molecular flexibility index (Phi) is 15.6. The molecule has 2 heterocycles. The second-order valence-corrected chi connectivity index (χ2v) is 12.8. The van der Waals surface area contributed by atoms with Gasteiger partial charge in [0.15, 0.2) is 0 Å². The Balaban J connectivity index is 0.00000400. The molecule has 4 rings (SSSR count). The number of aliphatic imine (C=N–C) groups is 4. The maximum absolute atomic E-state index is 6.12. The van der Waals surface area contributed by atoms with Gasteiger partial charge in [0.1, 0.15) is 22.8 Å². The Morgan fingerprint density at radius 1 is 0.500 bits per heavy atom. The Labute approximate surface area is 297 Å². The Hall–Kier alpha value is -3.90. The van der Waals surface area contributed by atoms with Gasteiger partial charge in [-0.15, -0.1) is 24.8 Å². The minimum Gasteiger partial charge on any atom is -0.494 e. The molecule has 0 saturated carbocycles. The van der Waals surface area contributed by atoms with Gasteiger partial charge < -0.3 is 32.4 Å². The monoisotopic (exact) mass is 704 g/mol. The lowest BCUT2D eigenvalue weighted by atomic mass is 10.1. The number of nitrogens with zero attached hydrogens (tertiary/aromatic N) is 6. The molecule has 8 N–H and O–H groups in total. The third-order valence-electron chi connectivity index (χ3n) is 8.05. The SMILES string of the molecule is CC1(C)N=C(N)N=C(N)N1c1ccc(OCCCCCCCCCCCCOc2ccc(N3C(N)=NC(N)=NC3(C)C)cc2)cc1.Cl.Cl. The molecule has 0 unspecified atom stereocenters. The topological polar surface area (TPSA) is 178 Å². The van der Waals surface area contributed by atoms with Crippen molar-refractivity contribution in [2.24, 2.45) is 42.9 Å². The molecule has 2 aliphatic heterocycles. The summed E-state index contributed by atoms with van der Waals surface area (Å²) in [5.74, 6) is 2.75. The Morgan fingerprint density at radius 2 is 0.792 bits per heavy atom. The molecule has 2 aromatic carbocycles. The highest BCUT2D eigenvalue weighted by atomic mass is 35.5. The van der Waals surface area contributed by atoms with Crippen LogP contribution in [0.4, 0.5) is 11.4 Å². The number of anilines is 2. The molecule has 14 heteroatoms. The molecule has 266 valence electrons. The first-order chi connectivity index (χ1) is 22.0. The number of hydrogen-bond donors (Lipinski definition) is 4. The van der Waals surface area contributed by atoms with E-state index < -0.39 is 11.3 Å². The molecular weight excluding hydrogens is 651 g/mol. The van der Waals surface area contributed by atoms with E-state index in [1.54, 1.807) is 0 Å². The van der Waals surface area contributed by atoms with Crippen molar-refractivity contribution >= 4 is 60.0 Å². The third-order valence-corrected chi connectivity index (χ3v) is 8.05. The van der Waals surface area contributed by atoms with Gasteiger partial charge in [0.2, 0.25) is 23.8 Å². The Bertz CT molecular complexity index is 1300. The number of halogens is 2. The highest BCUT2D eigenvalue weighted by Gasteiger charge is 2.34. The standard InChI is InChI=1S/C34H52N10O2.2ClH/c1-33(2)41-29(35)39-31(37)43(33)25-15-19-27(20-16-25)45-23-13-11-9-7-5-6-8-10-12-14-24-46-28-21-17-26(18-22-28)44-32(38)40-30(36)42-34(44,3)4;;/h15-22H,5-14,23-24H2,1-4H3,(H4,35,37,39,41)(H4,36,38,40,42);2*1H. The zero-order chi connectivity index (χ0) is 33.2. The van der Waals surface area contributed by atoms with Crippen LogP contribution in [0.5, 0.6) is 11.5 Å². The molecule has 0 spiro atoms. The fourth-order valence-corrected chi connectivity index (χ4v) is 5.88. The lowest BCUT2D eigenvalue weighted by molar-refractivity contribution is 0.303. The number of ether oxygens (including phenoxy) is 2. The first-order valence-corrected chi connectivity index (χ1v) is 16.4. The summed E-state index contributed by atoms with van der Waals surface area (Å²) >= 11 is 0. The summed E-state index contributed by atoms with van der Waals surface area (Å²) in [4.78, 5) is 20.7. The van der Waals surface area contributed by atoms with E-state index in [-0.39, 0.29) is 36.7 Å². The highest BCUT2D eigenvalue weighted by Crippen LogP contribution is 2.30. The van der Waals surface area contributed by atoms with Crippen LogP contribution < -0.4 is 42.2 Å². The van der Waals surface area contributed by atoms with E-state index in [1.165, 1.54) is 51.4 Å². The van der Waals surface area contributed by atoms with Crippen LogP contribution in [0.3, 0.4) is 0 Å². The van der Waals surface area contributed by atoms with E-state index in [2.05, 4.69) is 20.0 Å². The molecule has 0 saturated heterocycles. The number of rotatable bonds is 17.